The molecule has 1 unspecified atom stereocenters. The number of nitrogens with one attached hydrogen (secondary N) is 1. The summed E-state index contributed by atoms with van der Waals surface area (Å²) in [6.07, 6.45) is 2.47. The second-order valence-corrected chi connectivity index (χ2v) is 6.80. The maximum atomic E-state index is 12.7. The van der Waals surface area contributed by atoms with Gasteiger partial charge in [0.1, 0.15) is 17.5 Å². The number of hydrogen-bond donors (Lipinski definition) is 1. The summed E-state index contributed by atoms with van der Waals surface area (Å²) in [6, 6.07) is 9.35. The molecule has 134 valence electrons. The van der Waals surface area contributed by atoms with Crippen LogP contribution in [0.4, 0.5) is 0 Å². The zero-order valence-electron chi connectivity index (χ0n) is 14.2. The molecule has 2 aromatic heterocycles. The molecule has 1 aromatic carbocycles. The zero-order valence-corrected chi connectivity index (χ0v) is 15.0. The molecule has 1 aliphatic heterocycles. The molecule has 0 saturated carbocycles. The van der Waals surface area contributed by atoms with E-state index in [1.165, 1.54) is 11.3 Å². The van der Waals surface area contributed by atoms with Crippen molar-refractivity contribution < 1.29 is 14.3 Å². The Kier molecular flexibility index (Phi) is 4.57. The van der Waals surface area contributed by atoms with Crippen molar-refractivity contribution in [3.05, 3.63) is 47.6 Å². The first kappa shape index (κ1) is 16.6. The summed E-state index contributed by atoms with van der Waals surface area (Å²) in [6.45, 7) is 1.19. The third kappa shape index (κ3) is 3.28. The van der Waals surface area contributed by atoms with Gasteiger partial charge in [0.2, 0.25) is 0 Å². The van der Waals surface area contributed by atoms with Crippen molar-refractivity contribution in [2.75, 3.05) is 20.2 Å². The lowest BCUT2D eigenvalue weighted by Gasteiger charge is -2.15. The largest absolute Gasteiger partial charge is 0.496 e. The highest BCUT2D eigenvalue weighted by molar-refractivity contribution is 7.11. The monoisotopic (exact) mass is 370 g/mol. The number of aromatic nitrogens is 3. The number of rotatable bonds is 5. The third-order valence-electron chi connectivity index (χ3n) is 4.30. The lowest BCUT2D eigenvalue weighted by atomic mass is 10.1. The van der Waals surface area contributed by atoms with Crippen molar-refractivity contribution in [2.45, 2.75) is 12.5 Å². The van der Waals surface area contributed by atoms with E-state index in [1.54, 1.807) is 24.3 Å². The van der Waals surface area contributed by atoms with Gasteiger partial charge in [-0.1, -0.05) is 23.5 Å². The number of nitrogens with zero attached hydrogens (tertiary/aromatic N) is 3. The van der Waals surface area contributed by atoms with Crippen molar-refractivity contribution in [2.24, 2.45) is 0 Å². The molecule has 7 nitrogen and oxygen atoms in total. The lowest BCUT2D eigenvalue weighted by Crippen LogP contribution is -2.31. The van der Waals surface area contributed by atoms with Crippen LogP contribution in [0.5, 0.6) is 10.9 Å². The van der Waals surface area contributed by atoms with E-state index in [2.05, 4.69) is 15.2 Å². The summed E-state index contributed by atoms with van der Waals surface area (Å²) >= 11 is 1.46. The van der Waals surface area contributed by atoms with Crippen LogP contribution in [0.2, 0.25) is 0 Å². The van der Waals surface area contributed by atoms with E-state index in [0.29, 0.717) is 29.7 Å². The number of likely N-dealkylation sites (tertiary alicyclic amines) is 1. The molecule has 0 aliphatic carbocycles. The fourth-order valence-electron chi connectivity index (χ4n) is 3.02. The number of methoxy groups -OCH3 is 1. The Morgan fingerprint density at radius 2 is 2.27 bits per heavy atom. The molecule has 0 radical (unpaired) electrons. The first-order chi connectivity index (χ1) is 12.7. The van der Waals surface area contributed by atoms with Gasteiger partial charge in [0.15, 0.2) is 0 Å². The predicted octanol–water partition coefficient (Wildman–Crippen LogP) is 2.84. The van der Waals surface area contributed by atoms with E-state index in [9.17, 15) is 4.79 Å². The number of carbonyl (C=O) groups is 1. The van der Waals surface area contributed by atoms with E-state index in [-0.39, 0.29) is 12.0 Å². The van der Waals surface area contributed by atoms with Gasteiger partial charge in [-0.15, -0.1) is 0 Å². The van der Waals surface area contributed by atoms with Gasteiger partial charge < -0.3 is 14.4 Å². The van der Waals surface area contributed by atoms with E-state index >= 15 is 0 Å². The van der Waals surface area contributed by atoms with Crippen molar-refractivity contribution in [1.29, 1.82) is 0 Å². The minimum atomic E-state index is -0.0797. The molecule has 0 spiro atoms. The zero-order chi connectivity index (χ0) is 17.9. The molecule has 3 aromatic rings. The van der Waals surface area contributed by atoms with Crippen LogP contribution < -0.4 is 9.47 Å². The van der Waals surface area contributed by atoms with Gasteiger partial charge in [-0.2, -0.15) is 5.10 Å². The maximum Gasteiger partial charge on any atom is 0.273 e. The van der Waals surface area contributed by atoms with Crippen LogP contribution in [0.15, 0.2) is 41.9 Å². The molecule has 1 atom stereocenters. The Morgan fingerprint density at radius 3 is 3.08 bits per heavy atom. The van der Waals surface area contributed by atoms with Crippen LogP contribution in [0, 0.1) is 0 Å². The number of carbonyl (C=O) groups excluding carboxylic acids is 1. The molecule has 26 heavy (non-hydrogen) atoms. The highest BCUT2D eigenvalue weighted by atomic mass is 32.1. The number of hydrogen-bond acceptors (Lipinski definition) is 6. The fourth-order valence-corrected chi connectivity index (χ4v) is 3.57. The van der Waals surface area contributed by atoms with Gasteiger partial charge in [-0.25, -0.2) is 4.98 Å². The SMILES string of the molecule is COc1ccccc1-c1cc(C(=O)N2CCC(Oc3nccs3)C2)[nH]n1. The maximum absolute atomic E-state index is 12.7. The van der Waals surface area contributed by atoms with Gasteiger partial charge in [0.05, 0.1) is 19.3 Å². The van der Waals surface area contributed by atoms with Gasteiger partial charge in [-0.05, 0) is 18.2 Å². The summed E-state index contributed by atoms with van der Waals surface area (Å²) in [5, 5.41) is 9.64. The smallest absolute Gasteiger partial charge is 0.273 e. The Labute approximate surface area is 154 Å². The van der Waals surface area contributed by atoms with Crippen LogP contribution in [-0.4, -0.2) is 52.3 Å². The topological polar surface area (TPSA) is 80.3 Å². The number of ether oxygens (including phenoxy) is 2. The van der Waals surface area contributed by atoms with Gasteiger partial charge in [0, 0.05) is 30.1 Å². The summed E-state index contributed by atoms with van der Waals surface area (Å²) in [5.41, 5.74) is 1.98. The summed E-state index contributed by atoms with van der Waals surface area (Å²) < 4.78 is 11.2. The molecule has 1 amide bonds. The normalized spacial score (nSPS) is 16.7. The van der Waals surface area contributed by atoms with Crippen LogP contribution in [0.3, 0.4) is 0 Å². The Bertz CT molecular complexity index is 893. The lowest BCUT2D eigenvalue weighted by molar-refractivity contribution is 0.0766. The van der Waals surface area contributed by atoms with Crippen LogP contribution >= 0.6 is 11.3 Å². The summed E-state index contributed by atoms with van der Waals surface area (Å²) in [7, 11) is 1.62. The number of benzene rings is 1. The quantitative estimate of drug-likeness (QED) is 0.747. The summed E-state index contributed by atoms with van der Waals surface area (Å²) in [5.74, 6) is 0.639. The van der Waals surface area contributed by atoms with Gasteiger partial charge >= 0.3 is 0 Å². The summed E-state index contributed by atoms with van der Waals surface area (Å²) in [4.78, 5) is 18.7. The van der Waals surface area contributed by atoms with Crippen LogP contribution in [0.1, 0.15) is 16.9 Å². The van der Waals surface area contributed by atoms with E-state index in [0.717, 1.165) is 17.7 Å². The average Bonchev–Trinajstić information content (AvgIpc) is 3.43. The highest BCUT2D eigenvalue weighted by Gasteiger charge is 2.29. The number of H-pyrrole nitrogens is 1. The fraction of sp³-hybridized carbons (Fsp3) is 0.278. The minimum absolute atomic E-state index is 0.0262. The molecular weight excluding hydrogens is 352 g/mol. The average molecular weight is 370 g/mol. The standard InChI is InChI=1S/C18H18N4O3S/c1-24-16-5-3-2-4-13(16)14-10-15(21-20-14)17(23)22-8-6-12(11-22)25-18-19-7-9-26-18/h2-5,7,9-10,12H,6,8,11H2,1H3,(H,20,21). The molecule has 3 heterocycles. The van der Waals surface area contributed by atoms with Crippen LogP contribution in [-0.2, 0) is 0 Å². The highest BCUT2D eigenvalue weighted by Crippen LogP contribution is 2.29. The first-order valence-corrected chi connectivity index (χ1v) is 9.17. The van der Waals surface area contributed by atoms with Crippen molar-refractivity contribution in [3.63, 3.8) is 0 Å². The van der Waals surface area contributed by atoms with E-state index in [4.69, 9.17) is 9.47 Å². The Balaban J connectivity index is 1.45. The second-order valence-electron chi connectivity index (χ2n) is 5.94. The molecule has 1 aliphatic rings. The molecular formula is C18H18N4O3S. The number of amides is 1. The second kappa shape index (κ2) is 7.17. The van der Waals surface area contributed by atoms with Crippen LogP contribution in [0.25, 0.3) is 11.3 Å². The Morgan fingerprint density at radius 1 is 1.38 bits per heavy atom. The van der Waals surface area contributed by atoms with E-state index in [1.807, 2.05) is 29.6 Å². The molecule has 4 rings (SSSR count). The number of aromatic amines is 1. The molecule has 8 heteroatoms. The number of para-hydroxylation sites is 1. The minimum Gasteiger partial charge on any atom is -0.496 e. The van der Waals surface area contributed by atoms with Crippen molar-refractivity contribution in [1.82, 2.24) is 20.1 Å². The van der Waals surface area contributed by atoms with Gasteiger partial charge in [0.25, 0.3) is 11.1 Å². The first-order valence-electron chi connectivity index (χ1n) is 8.29. The van der Waals surface area contributed by atoms with Gasteiger partial charge in [-0.3, -0.25) is 9.89 Å². The molecule has 0 bridgehead atoms. The van der Waals surface area contributed by atoms with Crippen molar-refractivity contribution >= 4 is 17.2 Å². The Hall–Kier alpha value is -2.87. The molecule has 1 saturated heterocycles. The predicted molar refractivity (Wildman–Crippen MR) is 97.6 cm³/mol. The third-order valence-corrected chi connectivity index (χ3v) is 4.96. The molecule has 1 fully saturated rings. The number of thiazole rings is 1. The van der Waals surface area contributed by atoms with Crippen molar-refractivity contribution in [3.8, 4) is 22.2 Å². The molecule has 1 N–H and O–H groups in total. The van der Waals surface area contributed by atoms with E-state index < -0.39 is 0 Å².